The molecule has 0 aliphatic heterocycles. The fraction of sp³-hybridized carbons (Fsp3) is 0.333. The molecule has 178 valence electrons. The molecular formula is C27H33N3O3Si. The highest BCUT2D eigenvalue weighted by molar-refractivity contribution is 7.00. The highest BCUT2D eigenvalue weighted by Gasteiger charge is 2.52. The van der Waals surface area contributed by atoms with E-state index in [1.54, 1.807) is 14.2 Å². The molecule has 0 fully saturated rings. The maximum Gasteiger partial charge on any atom is 0.319 e. The Hall–Kier alpha value is -3.41. The predicted octanol–water partition coefficient (Wildman–Crippen LogP) is 5.88. The normalized spacial score (nSPS) is 12.4. The van der Waals surface area contributed by atoms with Crippen molar-refractivity contribution in [3.63, 3.8) is 0 Å². The molecule has 1 atom stereocenters. The average molecular weight is 476 g/mol. The van der Waals surface area contributed by atoms with Crippen LogP contribution in [-0.4, -0.2) is 28.6 Å². The summed E-state index contributed by atoms with van der Waals surface area (Å²) < 4.78 is 18.6. The SMILES string of the molecule is COc1cc(O[Si](c2ccccc2)(c2ccccc2)C(C)(C)C)cc(OC)c1CC(C)N=[N+]=[N-]. The van der Waals surface area contributed by atoms with E-state index in [4.69, 9.17) is 19.4 Å². The van der Waals surface area contributed by atoms with Crippen LogP contribution in [0.2, 0.25) is 5.04 Å². The number of benzene rings is 3. The fourth-order valence-corrected chi connectivity index (χ4v) is 8.87. The molecule has 0 aliphatic rings. The van der Waals surface area contributed by atoms with Crippen molar-refractivity contribution in [3.8, 4) is 17.2 Å². The van der Waals surface area contributed by atoms with Gasteiger partial charge in [0.1, 0.15) is 17.2 Å². The quantitative estimate of drug-likeness (QED) is 0.168. The number of rotatable bonds is 9. The van der Waals surface area contributed by atoms with E-state index < -0.39 is 8.32 Å². The number of nitrogens with zero attached hydrogens (tertiary/aromatic N) is 3. The van der Waals surface area contributed by atoms with E-state index in [0.717, 1.165) is 5.56 Å². The first-order chi connectivity index (χ1) is 16.3. The van der Waals surface area contributed by atoms with Gasteiger partial charge in [-0.1, -0.05) is 93.5 Å². The zero-order chi connectivity index (χ0) is 24.8. The first kappa shape index (κ1) is 25.2. The summed E-state index contributed by atoms with van der Waals surface area (Å²) in [5.74, 6) is 1.97. The van der Waals surface area contributed by atoms with Crippen molar-refractivity contribution in [1.29, 1.82) is 0 Å². The molecule has 0 bridgehead atoms. The smallest absolute Gasteiger partial charge is 0.319 e. The maximum atomic E-state index is 8.81. The summed E-state index contributed by atoms with van der Waals surface area (Å²) in [7, 11) is 0.455. The molecule has 0 amide bonds. The number of hydrogen-bond acceptors (Lipinski definition) is 4. The molecule has 34 heavy (non-hydrogen) atoms. The van der Waals surface area contributed by atoms with Crippen molar-refractivity contribution in [2.75, 3.05) is 14.2 Å². The Balaban J connectivity index is 2.22. The van der Waals surface area contributed by atoms with E-state index in [1.807, 2.05) is 31.2 Å². The van der Waals surface area contributed by atoms with Gasteiger partial charge in [-0.25, -0.2) is 0 Å². The Morgan fingerprint density at radius 2 is 1.35 bits per heavy atom. The number of azide groups is 1. The largest absolute Gasteiger partial charge is 0.534 e. The molecule has 7 heteroatoms. The minimum atomic E-state index is -2.80. The highest BCUT2D eigenvalue weighted by Crippen LogP contribution is 2.41. The van der Waals surface area contributed by atoms with Crippen LogP contribution < -0.4 is 24.3 Å². The van der Waals surface area contributed by atoms with Crippen molar-refractivity contribution in [3.05, 3.63) is 88.8 Å². The third-order valence-corrected chi connectivity index (χ3v) is 11.0. The summed E-state index contributed by atoms with van der Waals surface area (Å²) in [6.45, 7) is 8.59. The van der Waals surface area contributed by atoms with Crippen molar-refractivity contribution in [1.82, 2.24) is 0 Å². The van der Waals surface area contributed by atoms with E-state index in [-0.39, 0.29) is 11.1 Å². The monoisotopic (exact) mass is 475 g/mol. The molecule has 0 spiro atoms. The van der Waals surface area contributed by atoms with Crippen LogP contribution in [0.3, 0.4) is 0 Å². The lowest BCUT2D eigenvalue weighted by molar-refractivity contribution is 0.378. The van der Waals surface area contributed by atoms with Crippen LogP contribution in [0.15, 0.2) is 77.9 Å². The molecule has 3 aromatic rings. The minimum absolute atomic E-state index is 0.176. The van der Waals surface area contributed by atoms with Gasteiger partial charge in [-0.15, -0.1) is 0 Å². The molecule has 0 heterocycles. The lowest BCUT2D eigenvalue weighted by Gasteiger charge is -2.43. The van der Waals surface area contributed by atoms with Crippen LogP contribution in [0, 0.1) is 0 Å². The van der Waals surface area contributed by atoms with Crippen LogP contribution in [0.4, 0.5) is 0 Å². The Morgan fingerprint density at radius 3 is 1.74 bits per heavy atom. The molecule has 6 nitrogen and oxygen atoms in total. The summed E-state index contributed by atoms with van der Waals surface area (Å²) in [5.41, 5.74) is 9.66. The van der Waals surface area contributed by atoms with Gasteiger partial charge in [0.05, 0.1) is 14.2 Å². The first-order valence-electron chi connectivity index (χ1n) is 11.4. The zero-order valence-corrected chi connectivity index (χ0v) is 21.8. The topological polar surface area (TPSA) is 76.5 Å². The highest BCUT2D eigenvalue weighted by atomic mass is 28.4. The summed E-state index contributed by atoms with van der Waals surface area (Å²) in [6, 6.07) is 24.6. The molecule has 0 N–H and O–H groups in total. The molecular weight excluding hydrogens is 442 g/mol. The molecule has 0 saturated heterocycles. The average Bonchev–Trinajstić information content (AvgIpc) is 2.83. The van der Waals surface area contributed by atoms with Crippen LogP contribution in [0.5, 0.6) is 17.2 Å². The van der Waals surface area contributed by atoms with Crippen LogP contribution >= 0.6 is 0 Å². The van der Waals surface area contributed by atoms with Gasteiger partial charge in [0.2, 0.25) is 0 Å². The van der Waals surface area contributed by atoms with Gasteiger partial charge in [0, 0.05) is 28.6 Å². The second-order valence-corrected chi connectivity index (χ2v) is 13.6. The van der Waals surface area contributed by atoms with E-state index in [0.29, 0.717) is 23.7 Å². The molecule has 3 rings (SSSR count). The molecule has 0 radical (unpaired) electrons. The van der Waals surface area contributed by atoms with Crippen molar-refractivity contribution < 1.29 is 13.9 Å². The van der Waals surface area contributed by atoms with E-state index in [2.05, 4.69) is 79.3 Å². The number of methoxy groups -OCH3 is 2. The molecule has 3 aromatic carbocycles. The third kappa shape index (κ3) is 5.06. The van der Waals surface area contributed by atoms with Crippen LogP contribution in [0.25, 0.3) is 10.4 Å². The maximum absolute atomic E-state index is 8.81. The van der Waals surface area contributed by atoms with Crippen molar-refractivity contribution in [2.45, 2.75) is 45.2 Å². The Kier molecular flexibility index (Phi) is 7.92. The Labute approximate surface area is 203 Å². The summed E-state index contributed by atoms with van der Waals surface area (Å²) in [6.07, 6.45) is 0.496. The molecule has 0 aromatic heterocycles. The lowest BCUT2D eigenvalue weighted by Crippen LogP contribution is -2.68. The minimum Gasteiger partial charge on any atom is -0.534 e. The van der Waals surface area contributed by atoms with Crippen LogP contribution in [0.1, 0.15) is 33.3 Å². The summed E-state index contributed by atoms with van der Waals surface area (Å²) in [4.78, 5) is 2.93. The lowest BCUT2D eigenvalue weighted by atomic mass is 10.0. The Morgan fingerprint density at radius 1 is 0.882 bits per heavy atom. The standard InChI is InChI=1S/C27H33N3O3Si/c1-20(29-30-28)17-24-25(31-5)18-21(19-26(24)32-6)33-34(27(2,3)4,22-13-9-7-10-14-22)23-15-11-8-12-16-23/h7-16,18-20H,17H2,1-6H3. The first-order valence-corrected chi connectivity index (χ1v) is 13.3. The van der Waals surface area contributed by atoms with Crippen molar-refractivity contribution >= 4 is 18.7 Å². The van der Waals surface area contributed by atoms with Gasteiger partial charge in [0.25, 0.3) is 0 Å². The summed E-state index contributed by atoms with van der Waals surface area (Å²) >= 11 is 0. The van der Waals surface area contributed by atoms with Crippen molar-refractivity contribution in [2.24, 2.45) is 5.11 Å². The number of hydrogen-bond donors (Lipinski definition) is 0. The molecule has 0 aliphatic carbocycles. The van der Waals surface area contributed by atoms with Gasteiger partial charge in [0.15, 0.2) is 0 Å². The molecule has 0 saturated carbocycles. The summed E-state index contributed by atoms with van der Waals surface area (Å²) in [5, 5.41) is 6.01. The fourth-order valence-electron chi connectivity index (χ4n) is 4.47. The van der Waals surface area contributed by atoms with E-state index >= 15 is 0 Å². The second-order valence-electron chi connectivity index (χ2n) is 9.33. The molecule has 1 unspecified atom stereocenters. The second kappa shape index (κ2) is 10.7. The van der Waals surface area contributed by atoms with Gasteiger partial charge >= 0.3 is 8.32 Å². The van der Waals surface area contributed by atoms with E-state index in [9.17, 15) is 0 Å². The van der Waals surface area contributed by atoms with E-state index in [1.165, 1.54) is 10.4 Å². The Bertz CT molecular complexity index is 1080. The third-order valence-electron chi connectivity index (χ3n) is 6.02. The number of ether oxygens (including phenoxy) is 2. The van der Waals surface area contributed by atoms with Gasteiger partial charge in [-0.2, -0.15) is 0 Å². The predicted molar refractivity (Wildman–Crippen MR) is 140 cm³/mol. The zero-order valence-electron chi connectivity index (χ0n) is 20.8. The van der Waals surface area contributed by atoms with Gasteiger partial charge in [-0.3, -0.25) is 0 Å². The van der Waals surface area contributed by atoms with Gasteiger partial charge < -0.3 is 13.9 Å². The van der Waals surface area contributed by atoms with Crippen LogP contribution in [-0.2, 0) is 6.42 Å². The van der Waals surface area contributed by atoms with Gasteiger partial charge in [-0.05, 0) is 27.4 Å².